The minimum Gasteiger partial charge on any atom is -0.503 e. The summed E-state index contributed by atoms with van der Waals surface area (Å²) in [5, 5.41) is 10.8. The summed E-state index contributed by atoms with van der Waals surface area (Å²) in [6.07, 6.45) is 5.75. The van der Waals surface area contributed by atoms with Gasteiger partial charge >= 0.3 is 21.1 Å². The Labute approximate surface area is 353 Å². The van der Waals surface area contributed by atoms with Crippen LogP contribution in [-0.2, 0) is 21.1 Å². The molecule has 0 fully saturated rings. The van der Waals surface area contributed by atoms with E-state index in [1.54, 1.807) is 0 Å². The Morgan fingerprint density at radius 2 is 1.28 bits per heavy atom. The van der Waals surface area contributed by atoms with Gasteiger partial charge in [0.2, 0.25) is 0 Å². The van der Waals surface area contributed by atoms with Crippen molar-refractivity contribution in [2.75, 3.05) is 4.90 Å². The molecule has 5 heterocycles. The number of hydrogen-bond donors (Lipinski definition) is 0. The molecule has 0 bridgehead atoms. The summed E-state index contributed by atoms with van der Waals surface area (Å²) in [5.74, 6) is 2.10. The molecule has 0 amide bonds. The van der Waals surface area contributed by atoms with E-state index in [1.807, 2.05) is 48.1 Å². The molecule has 0 saturated carbocycles. The minimum atomic E-state index is -2.91. The van der Waals surface area contributed by atoms with E-state index in [4.69, 9.17) is 14.7 Å². The molecule has 0 N–H and O–H groups in total. The molecule has 1 aliphatic rings. The normalized spacial score (nSPS) is 13.1. The quantitative estimate of drug-likeness (QED) is 0.0980. The number of anilines is 3. The first kappa shape index (κ1) is 34.8. The molecule has 0 radical (unpaired) electrons. The maximum atomic E-state index is 6.66. The number of fused-ring (bicyclic) bond motifs is 12. The predicted octanol–water partition coefficient (Wildman–Crippen LogP) is 9.95. The molecule has 0 saturated heterocycles. The number of rotatable bonds is 5. The predicted molar refractivity (Wildman–Crippen MR) is 237 cm³/mol. The van der Waals surface area contributed by atoms with Gasteiger partial charge in [0.25, 0.3) is 0 Å². The van der Waals surface area contributed by atoms with Gasteiger partial charge in [0.1, 0.15) is 5.82 Å². The summed E-state index contributed by atoms with van der Waals surface area (Å²) >= 11 is 1.85. The third-order valence-electron chi connectivity index (χ3n) is 11.4. The smallest absolute Gasteiger partial charge is 0.503 e. The number of aromatic nitrogens is 3. The van der Waals surface area contributed by atoms with Crippen LogP contribution < -0.4 is 30.4 Å². The molecular formula is C50H30N4OPtSSi. The summed E-state index contributed by atoms with van der Waals surface area (Å²) in [6.45, 7) is 0. The Morgan fingerprint density at radius 1 is 0.552 bits per heavy atom. The largest absolute Gasteiger partial charge is 2.00 e. The summed E-state index contributed by atoms with van der Waals surface area (Å²) in [6, 6.07) is 65.9. The number of ether oxygens (including phenoxy) is 1. The first-order chi connectivity index (χ1) is 28.3. The zero-order chi connectivity index (χ0) is 37.5. The third-order valence-corrected chi connectivity index (χ3v) is 17.4. The zero-order valence-corrected chi connectivity index (χ0v) is 34.8. The Kier molecular flexibility index (Phi) is 8.19. The van der Waals surface area contributed by atoms with E-state index in [0.717, 1.165) is 44.5 Å². The average molecular weight is 958 g/mol. The molecule has 0 spiro atoms. The van der Waals surface area contributed by atoms with Crippen LogP contribution in [0.2, 0.25) is 0 Å². The molecule has 58 heavy (non-hydrogen) atoms. The van der Waals surface area contributed by atoms with Crippen LogP contribution in [0.4, 0.5) is 17.2 Å². The van der Waals surface area contributed by atoms with E-state index in [2.05, 4.69) is 167 Å². The van der Waals surface area contributed by atoms with E-state index in [0.29, 0.717) is 11.5 Å². The standard InChI is InChI=1S/C50H30N4OSSi.Pt/c1-3-15-36(16-4-1)57(37-17-5-2-6-18-37)45-27-26-41-40-20-8-10-22-44(40)56-48(41)47(45)54(50-46(57)23-12-28-51-50)33-13-11-14-34(31-33)55-35-24-25-38-39-19-7-9-21-43(39)53-30-29-52-49(53)42(38)32-35;/h1-30H;/q-2;+2. The van der Waals surface area contributed by atoms with Crippen molar-refractivity contribution in [3.05, 3.63) is 195 Å². The Balaban J connectivity index is 0.00000385. The fraction of sp³-hybridized carbons (Fsp3) is 0. The molecule has 0 unspecified atom stereocenters. The second kappa shape index (κ2) is 13.6. The van der Waals surface area contributed by atoms with Gasteiger partial charge in [0, 0.05) is 51.1 Å². The van der Waals surface area contributed by atoms with Gasteiger partial charge in [-0.1, -0.05) is 138 Å². The maximum Gasteiger partial charge on any atom is 2.00 e. The van der Waals surface area contributed by atoms with Gasteiger partial charge in [-0.2, -0.15) is 6.07 Å². The summed E-state index contributed by atoms with van der Waals surface area (Å²) in [7, 11) is -2.91. The molecule has 11 aromatic rings. The molecule has 0 atom stereocenters. The second-order valence-electron chi connectivity index (χ2n) is 14.4. The fourth-order valence-electron chi connectivity index (χ4n) is 9.09. The van der Waals surface area contributed by atoms with Crippen molar-refractivity contribution in [1.29, 1.82) is 0 Å². The minimum absolute atomic E-state index is 0. The van der Waals surface area contributed by atoms with E-state index in [1.165, 1.54) is 40.9 Å². The molecule has 7 aromatic carbocycles. The number of benzene rings is 7. The number of thiophene rings is 1. The molecule has 5 nitrogen and oxygen atoms in total. The van der Waals surface area contributed by atoms with Gasteiger partial charge in [0.05, 0.1) is 16.0 Å². The monoisotopic (exact) mass is 957 g/mol. The van der Waals surface area contributed by atoms with Crippen LogP contribution in [0.5, 0.6) is 11.5 Å². The number of pyridine rings is 2. The SMILES string of the molecule is [Pt+2].[c-]1c(Oc2[c-]c3c(cc2)c2ccccc2n2ccnc32)cccc1N1c2ncccc2[Si](c2ccccc2)(c2ccccc2)c2ccc3c(sc4ccccc43)c21. The molecule has 12 rings (SSSR count). The molecule has 276 valence electrons. The van der Waals surface area contributed by atoms with Gasteiger partial charge < -0.3 is 14.0 Å². The van der Waals surface area contributed by atoms with E-state index >= 15 is 0 Å². The Morgan fingerprint density at radius 3 is 2.10 bits per heavy atom. The van der Waals surface area contributed by atoms with E-state index < -0.39 is 8.07 Å². The van der Waals surface area contributed by atoms with E-state index in [-0.39, 0.29) is 21.1 Å². The van der Waals surface area contributed by atoms with Crippen LogP contribution in [-0.4, -0.2) is 22.4 Å². The van der Waals surface area contributed by atoms with Gasteiger partial charge in [-0.05, 0) is 44.3 Å². The average Bonchev–Trinajstić information content (AvgIpc) is 3.93. The molecular weight excluding hydrogens is 928 g/mol. The topological polar surface area (TPSA) is 42.7 Å². The van der Waals surface area contributed by atoms with Gasteiger partial charge in [-0.3, -0.25) is 4.98 Å². The number of hydrogen-bond acceptors (Lipinski definition) is 5. The second-order valence-corrected chi connectivity index (χ2v) is 19.2. The summed E-state index contributed by atoms with van der Waals surface area (Å²) in [5.41, 5.74) is 3.95. The molecule has 0 aliphatic carbocycles. The first-order valence-electron chi connectivity index (χ1n) is 19.0. The van der Waals surface area contributed by atoms with Crippen LogP contribution in [0.25, 0.3) is 47.5 Å². The Bertz CT molecular complexity index is 3330. The number of imidazole rings is 1. The van der Waals surface area contributed by atoms with Crippen molar-refractivity contribution >= 4 is 105 Å². The van der Waals surface area contributed by atoms with Crippen molar-refractivity contribution in [3.63, 3.8) is 0 Å². The van der Waals surface area contributed by atoms with Crippen molar-refractivity contribution in [2.45, 2.75) is 0 Å². The van der Waals surface area contributed by atoms with Crippen LogP contribution >= 0.6 is 11.3 Å². The van der Waals surface area contributed by atoms with Crippen molar-refractivity contribution < 1.29 is 25.8 Å². The fourth-order valence-corrected chi connectivity index (χ4v) is 15.5. The molecule has 8 heteroatoms. The van der Waals surface area contributed by atoms with Crippen LogP contribution in [0.15, 0.2) is 182 Å². The van der Waals surface area contributed by atoms with Gasteiger partial charge in [-0.15, -0.1) is 41.7 Å². The van der Waals surface area contributed by atoms with Gasteiger partial charge in [0.15, 0.2) is 8.07 Å². The van der Waals surface area contributed by atoms with Crippen molar-refractivity contribution in [1.82, 2.24) is 14.4 Å². The van der Waals surface area contributed by atoms with Crippen LogP contribution in [0.1, 0.15) is 0 Å². The number of para-hydroxylation sites is 1. The van der Waals surface area contributed by atoms with Crippen molar-refractivity contribution in [3.8, 4) is 11.5 Å². The summed E-state index contributed by atoms with van der Waals surface area (Å²) in [4.78, 5) is 12.3. The third kappa shape index (κ3) is 5.04. The maximum absolute atomic E-state index is 6.66. The molecule has 4 aromatic heterocycles. The van der Waals surface area contributed by atoms with Crippen molar-refractivity contribution in [2.24, 2.45) is 0 Å². The Hall–Kier alpha value is -6.37. The van der Waals surface area contributed by atoms with Crippen LogP contribution in [0.3, 0.4) is 0 Å². The zero-order valence-electron chi connectivity index (χ0n) is 30.7. The first-order valence-corrected chi connectivity index (χ1v) is 21.8. The van der Waals surface area contributed by atoms with Crippen LogP contribution in [0, 0.1) is 12.1 Å². The van der Waals surface area contributed by atoms with E-state index in [9.17, 15) is 0 Å². The molecule has 1 aliphatic heterocycles. The number of nitrogens with zero attached hydrogens (tertiary/aromatic N) is 4. The summed E-state index contributed by atoms with van der Waals surface area (Å²) < 4.78 is 11.3. The van der Waals surface area contributed by atoms with Gasteiger partial charge in [-0.25, -0.2) is 4.98 Å².